The van der Waals surface area contributed by atoms with Gasteiger partial charge in [0.25, 0.3) is 0 Å². The van der Waals surface area contributed by atoms with Crippen molar-refractivity contribution in [2.24, 2.45) is 5.92 Å². The molecule has 0 amide bonds. The van der Waals surface area contributed by atoms with E-state index in [0.29, 0.717) is 0 Å². The SMILES string of the molecule is ClCCCN(CC1CCOC1)C1CCC1. The summed E-state index contributed by atoms with van der Waals surface area (Å²) in [6.07, 6.45) is 6.60. The van der Waals surface area contributed by atoms with Crippen molar-refractivity contribution in [2.75, 3.05) is 32.2 Å². The molecule has 1 heterocycles. The zero-order valence-electron chi connectivity index (χ0n) is 9.46. The van der Waals surface area contributed by atoms with Gasteiger partial charge in [0.05, 0.1) is 6.61 Å². The molecule has 1 unspecified atom stereocenters. The molecule has 88 valence electrons. The maximum Gasteiger partial charge on any atom is 0.0507 e. The highest BCUT2D eigenvalue weighted by molar-refractivity contribution is 6.17. The first kappa shape index (κ1) is 11.7. The summed E-state index contributed by atoms with van der Waals surface area (Å²) in [7, 11) is 0. The van der Waals surface area contributed by atoms with Crippen LogP contribution in [-0.2, 0) is 4.74 Å². The molecule has 2 fully saturated rings. The van der Waals surface area contributed by atoms with Crippen LogP contribution in [0, 0.1) is 5.92 Å². The van der Waals surface area contributed by atoms with E-state index in [0.717, 1.165) is 37.5 Å². The zero-order valence-corrected chi connectivity index (χ0v) is 10.2. The van der Waals surface area contributed by atoms with Crippen LogP contribution in [0.2, 0.25) is 0 Å². The van der Waals surface area contributed by atoms with Crippen molar-refractivity contribution in [2.45, 2.75) is 38.1 Å². The summed E-state index contributed by atoms with van der Waals surface area (Å²) < 4.78 is 5.44. The predicted octanol–water partition coefficient (Wildman–Crippen LogP) is 2.51. The minimum absolute atomic E-state index is 0.779. The van der Waals surface area contributed by atoms with Gasteiger partial charge >= 0.3 is 0 Å². The molecule has 3 heteroatoms. The second-order valence-electron chi connectivity index (χ2n) is 4.85. The molecule has 1 aliphatic carbocycles. The minimum Gasteiger partial charge on any atom is -0.381 e. The summed E-state index contributed by atoms with van der Waals surface area (Å²) >= 11 is 5.78. The molecule has 2 aliphatic rings. The summed E-state index contributed by atoms with van der Waals surface area (Å²) in [4.78, 5) is 2.66. The van der Waals surface area contributed by atoms with Gasteiger partial charge in [0.2, 0.25) is 0 Å². The van der Waals surface area contributed by atoms with Crippen LogP contribution >= 0.6 is 11.6 Å². The van der Waals surface area contributed by atoms with Gasteiger partial charge in [0, 0.05) is 25.1 Å². The molecule has 0 aromatic heterocycles. The fourth-order valence-electron chi connectivity index (χ4n) is 2.50. The van der Waals surface area contributed by atoms with E-state index < -0.39 is 0 Å². The zero-order chi connectivity index (χ0) is 10.5. The molecule has 1 saturated heterocycles. The standard InChI is InChI=1S/C12H22ClNO/c13-6-2-7-14(12-3-1-4-12)9-11-5-8-15-10-11/h11-12H,1-10H2. The average Bonchev–Trinajstić information content (AvgIpc) is 2.64. The molecular formula is C12H22ClNO. The molecule has 1 atom stereocenters. The van der Waals surface area contributed by atoms with Crippen molar-refractivity contribution < 1.29 is 4.74 Å². The molecular weight excluding hydrogens is 210 g/mol. The first-order valence-electron chi connectivity index (χ1n) is 6.28. The van der Waals surface area contributed by atoms with E-state index in [4.69, 9.17) is 16.3 Å². The third-order valence-corrected chi connectivity index (χ3v) is 3.95. The Bertz CT molecular complexity index is 178. The summed E-state index contributed by atoms with van der Waals surface area (Å²) in [6, 6.07) is 0.855. The average molecular weight is 232 g/mol. The summed E-state index contributed by atoms with van der Waals surface area (Å²) in [5.74, 6) is 1.57. The van der Waals surface area contributed by atoms with Crippen LogP contribution in [0.1, 0.15) is 32.1 Å². The molecule has 15 heavy (non-hydrogen) atoms. The second kappa shape index (κ2) is 6.07. The number of hydrogen-bond donors (Lipinski definition) is 0. The van der Waals surface area contributed by atoms with Crippen molar-refractivity contribution >= 4 is 11.6 Å². The van der Waals surface area contributed by atoms with Gasteiger partial charge in [-0.3, -0.25) is 4.90 Å². The fourth-order valence-corrected chi connectivity index (χ4v) is 2.62. The Hall–Kier alpha value is 0.210. The molecule has 0 bridgehead atoms. The third kappa shape index (κ3) is 3.33. The largest absolute Gasteiger partial charge is 0.381 e. The predicted molar refractivity (Wildman–Crippen MR) is 63.5 cm³/mol. The normalized spacial score (nSPS) is 27.2. The van der Waals surface area contributed by atoms with Gasteiger partial charge in [-0.25, -0.2) is 0 Å². The Kier molecular flexibility index (Phi) is 4.73. The topological polar surface area (TPSA) is 12.5 Å². The van der Waals surface area contributed by atoms with Crippen LogP contribution in [0.25, 0.3) is 0 Å². The molecule has 0 N–H and O–H groups in total. The van der Waals surface area contributed by atoms with Crippen LogP contribution < -0.4 is 0 Å². The van der Waals surface area contributed by atoms with Crippen molar-refractivity contribution in [1.29, 1.82) is 0 Å². The van der Waals surface area contributed by atoms with Crippen LogP contribution in [-0.4, -0.2) is 43.1 Å². The second-order valence-corrected chi connectivity index (χ2v) is 5.23. The highest BCUT2D eigenvalue weighted by atomic mass is 35.5. The van der Waals surface area contributed by atoms with Crippen molar-refractivity contribution in [3.63, 3.8) is 0 Å². The molecule has 0 aromatic carbocycles. The lowest BCUT2D eigenvalue weighted by Crippen LogP contribution is -2.43. The highest BCUT2D eigenvalue weighted by Gasteiger charge is 2.27. The smallest absolute Gasteiger partial charge is 0.0507 e. The monoisotopic (exact) mass is 231 g/mol. The molecule has 0 radical (unpaired) electrons. The van der Waals surface area contributed by atoms with E-state index in [9.17, 15) is 0 Å². The maximum absolute atomic E-state index is 5.78. The Balaban J connectivity index is 1.75. The van der Waals surface area contributed by atoms with Gasteiger partial charge in [0.1, 0.15) is 0 Å². The van der Waals surface area contributed by atoms with E-state index in [-0.39, 0.29) is 0 Å². The van der Waals surface area contributed by atoms with E-state index >= 15 is 0 Å². The molecule has 0 spiro atoms. The van der Waals surface area contributed by atoms with Crippen molar-refractivity contribution in [3.05, 3.63) is 0 Å². The minimum atomic E-state index is 0.779. The number of halogens is 1. The van der Waals surface area contributed by atoms with Crippen molar-refractivity contribution in [3.8, 4) is 0 Å². The van der Waals surface area contributed by atoms with Crippen LogP contribution in [0.15, 0.2) is 0 Å². The first-order valence-corrected chi connectivity index (χ1v) is 6.81. The fraction of sp³-hybridized carbons (Fsp3) is 1.00. The lowest BCUT2D eigenvalue weighted by Gasteiger charge is -2.38. The van der Waals surface area contributed by atoms with E-state index in [2.05, 4.69) is 4.90 Å². The van der Waals surface area contributed by atoms with Crippen LogP contribution in [0.3, 0.4) is 0 Å². The summed E-state index contributed by atoms with van der Waals surface area (Å²) in [6.45, 7) is 4.37. The van der Waals surface area contributed by atoms with Crippen LogP contribution in [0.4, 0.5) is 0 Å². The highest BCUT2D eigenvalue weighted by Crippen LogP contribution is 2.27. The molecule has 2 rings (SSSR count). The number of ether oxygens (including phenoxy) is 1. The van der Waals surface area contributed by atoms with Gasteiger partial charge in [-0.05, 0) is 38.1 Å². The first-order chi connectivity index (χ1) is 7.40. The van der Waals surface area contributed by atoms with Gasteiger partial charge in [-0.2, -0.15) is 0 Å². The molecule has 1 aliphatic heterocycles. The van der Waals surface area contributed by atoms with Crippen molar-refractivity contribution in [1.82, 2.24) is 4.90 Å². The van der Waals surface area contributed by atoms with Gasteiger partial charge in [-0.1, -0.05) is 6.42 Å². The Morgan fingerprint density at radius 3 is 2.67 bits per heavy atom. The molecule has 2 nitrogen and oxygen atoms in total. The molecule has 1 saturated carbocycles. The number of rotatable bonds is 6. The summed E-state index contributed by atoms with van der Waals surface area (Å²) in [5, 5.41) is 0. The van der Waals surface area contributed by atoms with E-state index in [1.807, 2.05) is 0 Å². The van der Waals surface area contributed by atoms with E-state index in [1.54, 1.807) is 0 Å². The van der Waals surface area contributed by atoms with Gasteiger partial charge in [-0.15, -0.1) is 11.6 Å². The van der Waals surface area contributed by atoms with Crippen LogP contribution in [0.5, 0.6) is 0 Å². The maximum atomic E-state index is 5.78. The Labute approximate surface area is 97.9 Å². The summed E-state index contributed by atoms with van der Waals surface area (Å²) in [5.41, 5.74) is 0. The lowest BCUT2D eigenvalue weighted by molar-refractivity contribution is 0.0999. The number of nitrogens with zero attached hydrogens (tertiary/aromatic N) is 1. The van der Waals surface area contributed by atoms with Gasteiger partial charge in [0.15, 0.2) is 0 Å². The quantitative estimate of drug-likeness (QED) is 0.652. The Morgan fingerprint density at radius 2 is 2.13 bits per heavy atom. The number of hydrogen-bond acceptors (Lipinski definition) is 2. The third-order valence-electron chi connectivity index (χ3n) is 3.69. The van der Waals surface area contributed by atoms with E-state index in [1.165, 1.54) is 38.8 Å². The van der Waals surface area contributed by atoms with Gasteiger partial charge < -0.3 is 4.74 Å². The Morgan fingerprint density at radius 1 is 1.27 bits per heavy atom. The molecule has 0 aromatic rings. The lowest BCUT2D eigenvalue weighted by atomic mass is 9.90. The number of alkyl halides is 1.